The number of anilines is 1. The molecule has 0 amide bonds. The first-order valence-corrected chi connectivity index (χ1v) is 5.65. The Labute approximate surface area is 99.7 Å². The summed E-state index contributed by atoms with van der Waals surface area (Å²) in [6.07, 6.45) is 3.56. The predicted octanol–water partition coefficient (Wildman–Crippen LogP) is 0.992. The van der Waals surface area contributed by atoms with Crippen molar-refractivity contribution in [2.24, 2.45) is 0 Å². The van der Waals surface area contributed by atoms with Crippen LogP contribution in [0.15, 0.2) is 6.33 Å². The molecule has 0 bridgehead atoms. The Balaban J connectivity index is 2.21. The monoisotopic (exact) mass is 239 g/mol. The van der Waals surface area contributed by atoms with Crippen LogP contribution in [0.2, 0.25) is 0 Å². The maximum Gasteiger partial charge on any atom is 0.360 e. The first-order valence-electron chi connectivity index (χ1n) is 5.65. The van der Waals surface area contributed by atoms with Crippen molar-refractivity contribution in [1.29, 1.82) is 0 Å². The molecule has 1 saturated heterocycles. The average molecular weight is 239 g/mol. The molecule has 2 unspecified atom stereocenters. The molecule has 2 rings (SSSR count). The number of esters is 1. The number of aromatic nitrogens is 2. The van der Waals surface area contributed by atoms with E-state index in [1.807, 2.05) is 11.5 Å². The second-order valence-electron chi connectivity index (χ2n) is 4.24. The number of methoxy groups -OCH3 is 1. The number of carbonyl (C=O) groups excluding carboxylic acids is 1. The van der Waals surface area contributed by atoms with Gasteiger partial charge in [-0.1, -0.05) is 0 Å². The smallest absolute Gasteiger partial charge is 0.360 e. The summed E-state index contributed by atoms with van der Waals surface area (Å²) in [4.78, 5) is 15.4. The van der Waals surface area contributed by atoms with Gasteiger partial charge >= 0.3 is 5.97 Å². The van der Waals surface area contributed by atoms with E-state index in [2.05, 4.69) is 9.72 Å². The lowest BCUT2D eigenvalue weighted by Gasteiger charge is -2.28. The summed E-state index contributed by atoms with van der Waals surface area (Å²) in [6.45, 7) is 2.73. The molecule has 6 heteroatoms. The third-order valence-corrected chi connectivity index (χ3v) is 3.06. The van der Waals surface area contributed by atoms with Crippen molar-refractivity contribution in [2.45, 2.75) is 31.9 Å². The van der Waals surface area contributed by atoms with Gasteiger partial charge in [0.2, 0.25) is 0 Å². The number of hydrogen-bond acceptors (Lipinski definition) is 5. The highest BCUT2D eigenvalue weighted by Gasteiger charge is 2.25. The van der Waals surface area contributed by atoms with Gasteiger partial charge in [-0.3, -0.25) is 0 Å². The zero-order valence-corrected chi connectivity index (χ0v) is 10.0. The molecule has 1 aromatic heterocycles. The summed E-state index contributed by atoms with van der Waals surface area (Å²) in [7, 11) is 1.32. The fourth-order valence-electron chi connectivity index (χ4n) is 2.14. The van der Waals surface area contributed by atoms with E-state index in [0.29, 0.717) is 12.4 Å². The van der Waals surface area contributed by atoms with Crippen molar-refractivity contribution >= 4 is 11.8 Å². The van der Waals surface area contributed by atoms with Crippen LogP contribution in [0.5, 0.6) is 0 Å². The lowest BCUT2D eigenvalue weighted by atomic mass is 10.0. The minimum atomic E-state index is -0.499. The minimum Gasteiger partial charge on any atom is -0.464 e. The Hall–Kier alpha value is -1.56. The highest BCUT2D eigenvalue weighted by molar-refractivity contribution is 5.92. The van der Waals surface area contributed by atoms with Crippen LogP contribution in [-0.2, 0) is 9.47 Å². The molecule has 17 heavy (non-hydrogen) atoms. The van der Waals surface area contributed by atoms with Crippen molar-refractivity contribution in [3.8, 4) is 0 Å². The number of nitrogens with zero attached hydrogens (tertiary/aromatic N) is 2. The molecule has 2 heterocycles. The third kappa shape index (κ3) is 2.26. The molecule has 1 aromatic rings. The third-order valence-electron chi connectivity index (χ3n) is 3.06. The summed E-state index contributed by atoms with van der Waals surface area (Å²) >= 11 is 0. The normalized spacial score (nSPS) is 24.6. The Morgan fingerprint density at radius 3 is 3.12 bits per heavy atom. The molecule has 2 N–H and O–H groups in total. The van der Waals surface area contributed by atoms with Crippen LogP contribution in [0.25, 0.3) is 0 Å². The molecule has 0 aromatic carbocycles. The molecule has 0 saturated carbocycles. The second-order valence-corrected chi connectivity index (χ2v) is 4.24. The SMILES string of the molecule is COC(=O)c1ncn(C2CCOC(C)C2)c1N. The molecule has 1 aliphatic rings. The molecular formula is C11H17N3O3. The van der Waals surface area contributed by atoms with Gasteiger partial charge in [-0.2, -0.15) is 0 Å². The summed E-state index contributed by atoms with van der Waals surface area (Å²) in [6, 6.07) is 0.240. The zero-order valence-electron chi connectivity index (χ0n) is 10.0. The molecule has 2 atom stereocenters. The largest absolute Gasteiger partial charge is 0.464 e. The maximum atomic E-state index is 11.4. The standard InChI is InChI=1S/C11H17N3O3/c1-7-5-8(3-4-17-7)14-6-13-9(10(14)12)11(15)16-2/h6-8H,3-5,12H2,1-2H3. The van der Waals surface area contributed by atoms with Crippen molar-refractivity contribution in [1.82, 2.24) is 9.55 Å². The Morgan fingerprint density at radius 1 is 1.71 bits per heavy atom. The molecule has 1 fully saturated rings. The number of rotatable bonds is 2. The Kier molecular flexibility index (Phi) is 3.33. The quantitative estimate of drug-likeness (QED) is 0.778. The minimum absolute atomic E-state index is 0.187. The molecular weight excluding hydrogens is 222 g/mol. The van der Waals surface area contributed by atoms with E-state index >= 15 is 0 Å². The van der Waals surface area contributed by atoms with Crippen molar-refractivity contribution < 1.29 is 14.3 Å². The van der Waals surface area contributed by atoms with Crippen molar-refractivity contribution in [3.63, 3.8) is 0 Å². The van der Waals surface area contributed by atoms with Crippen LogP contribution in [0.3, 0.4) is 0 Å². The van der Waals surface area contributed by atoms with Crippen LogP contribution in [0.4, 0.5) is 5.82 Å². The first kappa shape index (κ1) is 11.9. The van der Waals surface area contributed by atoms with Crippen LogP contribution >= 0.6 is 0 Å². The maximum absolute atomic E-state index is 11.4. The number of carbonyl (C=O) groups is 1. The topological polar surface area (TPSA) is 79.4 Å². The van der Waals surface area contributed by atoms with Gasteiger partial charge in [0.05, 0.1) is 19.5 Å². The van der Waals surface area contributed by atoms with E-state index in [0.717, 1.165) is 12.8 Å². The van der Waals surface area contributed by atoms with E-state index in [-0.39, 0.29) is 17.8 Å². The second kappa shape index (κ2) is 4.75. The average Bonchev–Trinajstić information content (AvgIpc) is 2.70. The van der Waals surface area contributed by atoms with Crippen LogP contribution in [0, 0.1) is 0 Å². The number of imidazole rings is 1. The summed E-state index contributed by atoms with van der Waals surface area (Å²) < 4.78 is 11.9. The molecule has 1 aliphatic heterocycles. The number of nitrogen functional groups attached to an aromatic ring is 1. The van der Waals surface area contributed by atoms with Gasteiger partial charge in [-0.05, 0) is 19.8 Å². The van der Waals surface area contributed by atoms with Gasteiger partial charge in [0.25, 0.3) is 0 Å². The highest BCUT2D eigenvalue weighted by atomic mass is 16.5. The van der Waals surface area contributed by atoms with E-state index in [1.54, 1.807) is 6.33 Å². The number of ether oxygens (including phenoxy) is 2. The van der Waals surface area contributed by atoms with Gasteiger partial charge in [0.15, 0.2) is 5.69 Å². The Bertz CT molecular complexity index is 416. The van der Waals surface area contributed by atoms with E-state index in [4.69, 9.17) is 10.5 Å². The molecule has 0 aliphatic carbocycles. The summed E-state index contributed by atoms with van der Waals surface area (Å²) in [5.74, 6) is -0.127. The molecule has 94 valence electrons. The molecule has 0 radical (unpaired) electrons. The van der Waals surface area contributed by atoms with Gasteiger partial charge in [0, 0.05) is 12.6 Å². The fraction of sp³-hybridized carbons (Fsp3) is 0.636. The van der Waals surface area contributed by atoms with Crippen LogP contribution < -0.4 is 5.73 Å². The lowest BCUT2D eigenvalue weighted by molar-refractivity contribution is 0.00634. The van der Waals surface area contributed by atoms with Crippen LogP contribution in [0.1, 0.15) is 36.3 Å². The zero-order chi connectivity index (χ0) is 12.4. The van der Waals surface area contributed by atoms with Gasteiger partial charge < -0.3 is 19.8 Å². The van der Waals surface area contributed by atoms with E-state index in [1.165, 1.54) is 7.11 Å². The summed E-state index contributed by atoms with van der Waals surface area (Å²) in [5, 5.41) is 0. The molecule has 6 nitrogen and oxygen atoms in total. The van der Waals surface area contributed by atoms with E-state index < -0.39 is 5.97 Å². The van der Waals surface area contributed by atoms with Gasteiger partial charge in [-0.15, -0.1) is 0 Å². The van der Waals surface area contributed by atoms with Gasteiger partial charge in [0.1, 0.15) is 5.82 Å². The first-order chi connectivity index (χ1) is 8.13. The Morgan fingerprint density at radius 2 is 2.47 bits per heavy atom. The fourth-order valence-corrected chi connectivity index (χ4v) is 2.14. The van der Waals surface area contributed by atoms with E-state index in [9.17, 15) is 4.79 Å². The highest BCUT2D eigenvalue weighted by Crippen LogP contribution is 2.28. The predicted molar refractivity (Wildman–Crippen MR) is 61.7 cm³/mol. The lowest BCUT2D eigenvalue weighted by Crippen LogP contribution is -2.26. The van der Waals surface area contributed by atoms with Crippen LogP contribution in [-0.4, -0.2) is 35.3 Å². The summed E-state index contributed by atoms with van der Waals surface area (Å²) in [5.41, 5.74) is 6.10. The van der Waals surface area contributed by atoms with Gasteiger partial charge in [-0.25, -0.2) is 9.78 Å². The van der Waals surface area contributed by atoms with Crippen molar-refractivity contribution in [2.75, 3.05) is 19.5 Å². The van der Waals surface area contributed by atoms with Crippen molar-refractivity contribution in [3.05, 3.63) is 12.0 Å². The number of nitrogens with two attached hydrogens (primary N) is 1. The molecule has 0 spiro atoms. The number of hydrogen-bond donors (Lipinski definition) is 1.